The number of benzene rings is 3. The van der Waals surface area contributed by atoms with Gasteiger partial charge in [0.1, 0.15) is 11.4 Å². The van der Waals surface area contributed by atoms with E-state index in [4.69, 9.17) is 0 Å². The molecule has 6 nitrogen and oxygen atoms in total. The highest BCUT2D eigenvalue weighted by molar-refractivity contribution is 5.92. The fourth-order valence-corrected chi connectivity index (χ4v) is 6.05. The molecule has 0 bridgehead atoms. The number of halogens is 3. The van der Waals surface area contributed by atoms with Gasteiger partial charge >= 0.3 is 6.36 Å². The summed E-state index contributed by atoms with van der Waals surface area (Å²) in [6.45, 7) is 3.54. The zero-order valence-electron chi connectivity index (χ0n) is 22.7. The summed E-state index contributed by atoms with van der Waals surface area (Å²) in [6, 6.07) is 24.8. The van der Waals surface area contributed by atoms with Crippen LogP contribution in [0, 0.1) is 17.8 Å². The Morgan fingerprint density at radius 1 is 0.951 bits per heavy atom. The van der Waals surface area contributed by atoms with Crippen molar-refractivity contribution in [3.8, 4) is 16.9 Å². The average molecular weight is 561 g/mol. The second-order valence-electron chi connectivity index (χ2n) is 11.1. The van der Waals surface area contributed by atoms with Crippen LogP contribution in [0.3, 0.4) is 0 Å². The van der Waals surface area contributed by atoms with Gasteiger partial charge in [0, 0.05) is 46.0 Å². The van der Waals surface area contributed by atoms with E-state index in [2.05, 4.69) is 51.0 Å². The highest BCUT2D eigenvalue weighted by Crippen LogP contribution is 2.52. The van der Waals surface area contributed by atoms with Gasteiger partial charge in [-0.15, -0.1) is 13.2 Å². The number of rotatable bonds is 9. The van der Waals surface area contributed by atoms with E-state index in [-0.39, 0.29) is 18.2 Å². The van der Waals surface area contributed by atoms with Crippen molar-refractivity contribution in [1.29, 1.82) is 0 Å². The summed E-state index contributed by atoms with van der Waals surface area (Å²) >= 11 is 0. The number of piperidine rings is 1. The molecule has 1 saturated heterocycles. The summed E-state index contributed by atoms with van der Waals surface area (Å²) < 4.78 is 44.1. The van der Waals surface area contributed by atoms with E-state index in [9.17, 15) is 18.0 Å². The first-order chi connectivity index (χ1) is 19.7. The molecular formula is C32H31F3N4O2. The van der Waals surface area contributed by atoms with Gasteiger partial charge in [-0.25, -0.2) is 4.98 Å². The van der Waals surface area contributed by atoms with E-state index in [1.807, 2.05) is 18.2 Å². The van der Waals surface area contributed by atoms with E-state index in [1.165, 1.54) is 34.9 Å². The SMILES string of the molecule is Cn1cnc(C(=O)N(Cc2cccc(OC(F)(F)F)c2)CC2C3CN(Cc4ccc(-c5ccccc5)cc4)CC32)c1. The van der Waals surface area contributed by atoms with Gasteiger partial charge < -0.3 is 14.2 Å². The first-order valence-electron chi connectivity index (χ1n) is 13.7. The van der Waals surface area contributed by atoms with Gasteiger partial charge in [-0.3, -0.25) is 9.69 Å². The van der Waals surface area contributed by atoms with Crippen LogP contribution in [0.5, 0.6) is 5.75 Å². The summed E-state index contributed by atoms with van der Waals surface area (Å²) in [6.07, 6.45) is -1.54. The molecule has 212 valence electrons. The molecule has 2 heterocycles. The fourth-order valence-electron chi connectivity index (χ4n) is 6.05. The van der Waals surface area contributed by atoms with Crippen molar-refractivity contribution in [2.24, 2.45) is 24.8 Å². The number of fused-ring (bicyclic) bond motifs is 1. The third-order valence-corrected chi connectivity index (χ3v) is 8.06. The molecule has 41 heavy (non-hydrogen) atoms. The first-order valence-corrected chi connectivity index (χ1v) is 13.7. The normalized spacial score (nSPS) is 20.0. The van der Waals surface area contributed by atoms with E-state index in [1.54, 1.807) is 35.1 Å². The quantitative estimate of drug-likeness (QED) is 0.252. The molecule has 4 aromatic rings. The second kappa shape index (κ2) is 11.0. The van der Waals surface area contributed by atoms with Gasteiger partial charge in [0.2, 0.25) is 0 Å². The molecular weight excluding hydrogens is 529 g/mol. The van der Waals surface area contributed by atoms with Crippen LogP contribution < -0.4 is 4.74 Å². The number of imidazole rings is 1. The van der Waals surface area contributed by atoms with E-state index < -0.39 is 6.36 Å². The second-order valence-corrected chi connectivity index (χ2v) is 11.1. The fraction of sp³-hybridized carbons (Fsp3) is 0.312. The lowest BCUT2D eigenvalue weighted by Gasteiger charge is -2.25. The number of likely N-dealkylation sites (tertiary alicyclic amines) is 1. The van der Waals surface area contributed by atoms with E-state index in [0.29, 0.717) is 35.6 Å². The number of carbonyl (C=O) groups is 1. The molecule has 2 fully saturated rings. The van der Waals surface area contributed by atoms with Crippen LogP contribution in [-0.4, -0.2) is 51.3 Å². The van der Waals surface area contributed by atoms with Crippen molar-refractivity contribution in [2.75, 3.05) is 19.6 Å². The van der Waals surface area contributed by atoms with Gasteiger partial charge in [-0.1, -0.05) is 66.7 Å². The first kappa shape index (κ1) is 27.1. The van der Waals surface area contributed by atoms with Crippen LogP contribution in [0.4, 0.5) is 13.2 Å². The summed E-state index contributed by atoms with van der Waals surface area (Å²) in [5.41, 5.74) is 4.57. The number of alkyl halides is 3. The van der Waals surface area contributed by atoms with Gasteiger partial charge in [-0.2, -0.15) is 0 Å². The largest absolute Gasteiger partial charge is 0.573 e. The standard InChI is InChI=1S/C32H31F3N4O2/c1-37-20-30(36-21-37)31(40)39(16-23-6-5-9-26(14-23)41-32(33,34)35)19-29-27-17-38(18-28(27)29)15-22-10-12-25(13-11-22)24-7-3-2-4-8-24/h2-14,20-21,27-29H,15-19H2,1H3. The predicted molar refractivity (Wildman–Crippen MR) is 149 cm³/mol. The van der Waals surface area contributed by atoms with Crippen molar-refractivity contribution in [3.63, 3.8) is 0 Å². The number of aromatic nitrogens is 2. The molecule has 3 aromatic carbocycles. The number of carbonyl (C=O) groups excluding carboxylic acids is 1. The lowest BCUT2D eigenvalue weighted by Crippen LogP contribution is -2.35. The number of aryl methyl sites for hydroxylation is 1. The molecule has 9 heteroatoms. The molecule has 1 aromatic heterocycles. The monoisotopic (exact) mass is 560 g/mol. The van der Waals surface area contributed by atoms with Crippen LogP contribution in [0.25, 0.3) is 11.1 Å². The molecule has 0 N–H and O–H groups in total. The smallest absolute Gasteiger partial charge is 0.406 e. The van der Waals surface area contributed by atoms with Crippen LogP contribution in [0.1, 0.15) is 21.6 Å². The molecule has 1 saturated carbocycles. The Labute approximate surface area is 237 Å². The molecule has 2 unspecified atom stereocenters. The Morgan fingerprint density at radius 3 is 2.32 bits per heavy atom. The zero-order valence-corrected chi connectivity index (χ0v) is 22.7. The van der Waals surface area contributed by atoms with Gasteiger partial charge in [-0.05, 0) is 52.1 Å². The minimum absolute atomic E-state index is 0.178. The number of hydrogen-bond donors (Lipinski definition) is 0. The topological polar surface area (TPSA) is 50.6 Å². The maximum atomic E-state index is 13.4. The van der Waals surface area contributed by atoms with Crippen molar-refractivity contribution in [1.82, 2.24) is 19.4 Å². The Balaban J connectivity index is 1.09. The van der Waals surface area contributed by atoms with Crippen molar-refractivity contribution < 1.29 is 22.7 Å². The van der Waals surface area contributed by atoms with Crippen molar-refractivity contribution >= 4 is 5.91 Å². The number of nitrogens with zero attached hydrogens (tertiary/aromatic N) is 4. The van der Waals surface area contributed by atoms with Crippen LogP contribution in [0.15, 0.2) is 91.4 Å². The summed E-state index contributed by atoms with van der Waals surface area (Å²) in [7, 11) is 1.79. The minimum atomic E-state index is -4.77. The highest BCUT2D eigenvalue weighted by Gasteiger charge is 2.55. The summed E-state index contributed by atoms with van der Waals surface area (Å²) in [4.78, 5) is 21.8. The van der Waals surface area contributed by atoms with E-state index in [0.717, 1.165) is 19.6 Å². The van der Waals surface area contributed by atoms with Gasteiger partial charge in [0.05, 0.1) is 6.33 Å². The van der Waals surface area contributed by atoms with Gasteiger partial charge in [0.25, 0.3) is 5.91 Å². The van der Waals surface area contributed by atoms with Crippen molar-refractivity contribution in [2.45, 2.75) is 19.5 Å². The maximum Gasteiger partial charge on any atom is 0.573 e. The summed E-state index contributed by atoms with van der Waals surface area (Å²) in [5.74, 6) is 0.827. The zero-order chi connectivity index (χ0) is 28.6. The lowest BCUT2D eigenvalue weighted by molar-refractivity contribution is -0.274. The minimum Gasteiger partial charge on any atom is -0.406 e. The third kappa shape index (κ3) is 6.46. The Hall–Kier alpha value is -4.11. The van der Waals surface area contributed by atoms with E-state index >= 15 is 0 Å². The van der Waals surface area contributed by atoms with Crippen LogP contribution in [0.2, 0.25) is 0 Å². The predicted octanol–water partition coefficient (Wildman–Crippen LogP) is 6.01. The molecule has 2 aliphatic rings. The molecule has 0 radical (unpaired) electrons. The molecule has 6 rings (SSSR count). The Kier molecular flexibility index (Phi) is 7.30. The van der Waals surface area contributed by atoms with Crippen LogP contribution >= 0.6 is 0 Å². The number of amides is 1. The third-order valence-electron chi connectivity index (χ3n) is 8.06. The Bertz CT molecular complexity index is 1490. The average Bonchev–Trinajstić information content (AvgIpc) is 3.25. The molecule has 0 spiro atoms. The number of ether oxygens (including phenoxy) is 1. The molecule has 1 aliphatic carbocycles. The van der Waals surface area contributed by atoms with Gasteiger partial charge in [0.15, 0.2) is 0 Å². The Morgan fingerprint density at radius 2 is 1.66 bits per heavy atom. The molecule has 1 aliphatic heterocycles. The molecule has 2 atom stereocenters. The molecule has 1 amide bonds. The number of hydrogen-bond acceptors (Lipinski definition) is 4. The maximum absolute atomic E-state index is 13.4. The van der Waals surface area contributed by atoms with Crippen LogP contribution in [-0.2, 0) is 20.1 Å². The van der Waals surface area contributed by atoms with Crippen molar-refractivity contribution in [3.05, 3.63) is 108 Å². The highest BCUT2D eigenvalue weighted by atomic mass is 19.4. The lowest BCUT2D eigenvalue weighted by atomic mass is 10.0. The summed E-state index contributed by atoms with van der Waals surface area (Å²) in [5, 5.41) is 0.